The molecular weight excluding hydrogens is 136 g/mol. The molecule has 60 valence electrons. The van der Waals surface area contributed by atoms with Gasteiger partial charge >= 0.3 is 0 Å². The van der Waals surface area contributed by atoms with Crippen LogP contribution in [-0.2, 0) is 0 Å². The molecule has 2 heteroatoms. The summed E-state index contributed by atoms with van der Waals surface area (Å²) in [7, 11) is 1.83. The highest BCUT2D eigenvalue weighted by Crippen LogP contribution is 2.00. The Kier molecular flexibility index (Phi) is 4.70. The molecule has 0 heterocycles. The van der Waals surface area contributed by atoms with Crippen molar-refractivity contribution in [1.82, 2.24) is 10.6 Å². The fraction of sp³-hybridized carbons (Fsp3) is 0.222. The summed E-state index contributed by atoms with van der Waals surface area (Å²) in [6, 6.07) is 0. The molecule has 0 radical (unpaired) electrons. The molecule has 0 rings (SSSR count). The van der Waals surface area contributed by atoms with E-state index in [9.17, 15) is 0 Å². The SMILES string of the molecule is C=C=C(NC)/C(C)=C\NC=C. The van der Waals surface area contributed by atoms with E-state index in [1.54, 1.807) is 6.20 Å². The second-order valence-electron chi connectivity index (χ2n) is 2.00. The molecule has 0 spiro atoms. The van der Waals surface area contributed by atoms with E-state index >= 15 is 0 Å². The van der Waals surface area contributed by atoms with Gasteiger partial charge < -0.3 is 10.6 Å². The lowest BCUT2D eigenvalue weighted by molar-refractivity contribution is 0.989. The van der Waals surface area contributed by atoms with Crippen LogP contribution in [0.1, 0.15) is 6.92 Å². The average Bonchev–Trinajstić information content (AvgIpc) is 2.03. The zero-order valence-corrected chi connectivity index (χ0v) is 7.07. The Morgan fingerprint density at radius 1 is 1.55 bits per heavy atom. The number of hydrogen-bond donors (Lipinski definition) is 2. The van der Waals surface area contributed by atoms with Crippen LogP contribution in [0, 0.1) is 0 Å². The lowest BCUT2D eigenvalue weighted by Gasteiger charge is -2.02. The third-order valence-corrected chi connectivity index (χ3v) is 1.24. The molecule has 0 aromatic rings. The quantitative estimate of drug-likeness (QED) is 0.469. The zero-order chi connectivity index (χ0) is 8.69. The highest BCUT2D eigenvalue weighted by Gasteiger charge is 1.92. The van der Waals surface area contributed by atoms with Crippen molar-refractivity contribution >= 4 is 0 Å². The van der Waals surface area contributed by atoms with Crippen molar-refractivity contribution in [3.05, 3.63) is 42.6 Å². The van der Waals surface area contributed by atoms with E-state index in [4.69, 9.17) is 0 Å². The molecule has 2 N–H and O–H groups in total. The van der Waals surface area contributed by atoms with Gasteiger partial charge in [0.05, 0.1) is 5.70 Å². The Hall–Kier alpha value is -1.40. The van der Waals surface area contributed by atoms with Crippen molar-refractivity contribution in [2.75, 3.05) is 7.05 Å². The molecule has 0 atom stereocenters. The van der Waals surface area contributed by atoms with Gasteiger partial charge in [-0.1, -0.05) is 13.2 Å². The minimum absolute atomic E-state index is 0.888. The maximum atomic E-state index is 3.54. The summed E-state index contributed by atoms with van der Waals surface area (Å²) < 4.78 is 0. The summed E-state index contributed by atoms with van der Waals surface area (Å²) in [5, 5.41) is 5.83. The first-order valence-electron chi connectivity index (χ1n) is 3.38. The largest absolute Gasteiger partial charge is 0.382 e. The van der Waals surface area contributed by atoms with E-state index in [0.29, 0.717) is 0 Å². The fourth-order valence-corrected chi connectivity index (χ4v) is 0.681. The topological polar surface area (TPSA) is 24.1 Å². The summed E-state index contributed by atoms with van der Waals surface area (Å²) in [5.41, 5.74) is 4.71. The molecule has 0 bridgehead atoms. The van der Waals surface area contributed by atoms with Gasteiger partial charge in [-0.15, -0.1) is 5.73 Å². The predicted molar refractivity (Wildman–Crippen MR) is 48.8 cm³/mol. The van der Waals surface area contributed by atoms with Gasteiger partial charge in [-0.25, -0.2) is 0 Å². The molecule has 0 aliphatic heterocycles. The molecule has 0 aliphatic carbocycles. The van der Waals surface area contributed by atoms with Crippen LogP contribution in [0.15, 0.2) is 42.6 Å². The van der Waals surface area contributed by atoms with Crippen molar-refractivity contribution in [3.63, 3.8) is 0 Å². The van der Waals surface area contributed by atoms with Crippen molar-refractivity contribution in [2.45, 2.75) is 6.92 Å². The van der Waals surface area contributed by atoms with Crippen LogP contribution in [-0.4, -0.2) is 7.05 Å². The Labute approximate surface area is 68.0 Å². The van der Waals surface area contributed by atoms with Crippen LogP contribution >= 0.6 is 0 Å². The molecule has 11 heavy (non-hydrogen) atoms. The zero-order valence-electron chi connectivity index (χ0n) is 7.07. The lowest BCUT2D eigenvalue weighted by Crippen LogP contribution is -2.07. The third-order valence-electron chi connectivity index (χ3n) is 1.24. The third kappa shape index (κ3) is 3.33. The molecule has 0 amide bonds. The molecule has 0 unspecified atom stereocenters. The van der Waals surface area contributed by atoms with Gasteiger partial charge in [0.1, 0.15) is 0 Å². The predicted octanol–water partition coefficient (Wildman–Crippen LogP) is 1.51. The van der Waals surface area contributed by atoms with E-state index in [0.717, 1.165) is 11.3 Å². The fourth-order valence-electron chi connectivity index (χ4n) is 0.681. The Morgan fingerprint density at radius 2 is 2.18 bits per heavy atom. The maximum Gasteiger partial charge on any atom is 0.0809 e. The van der Waals surface area contributed by atoms with Crippen molar-refractivity contribution < 1.29 is 0 Å². The van der Waals surface area contributed by atoms with E-state index < -0.39 is 0 Å². The highest BCUT2D eigenvalue weighted by atomic mass is 14.8. The Bertz CT molecular complexity index is 208. The van der Waals surface area contributed by atoms with Gasteiger partial charge in [0, 0.05) is 13.2 Å². The van der Waals surface area contributed by atoms with E-state index in [-0.39, 0.29) is 0 Å². The van der Waals surface area contributed by atoms with Gasteiger partial charge in [-0.2, -0.15) is 0 Å². The Balaban J connectivity index is 4.31. The van der Waals surface area contributed by atoms with Crippen LogP contribution in [0.25, 0.3) is 0 Å². The van der Waals surface area contributed by atoms with Crippen molar-refractivity contribution in [1.29, 1.82) is 0 Å². The van der Waals surface area contributed by atoms with Crippen LogP contribution in [0.4, 0.5) is 0 Å². The van der Waals surface area contributed by atoms with Gasteiger partial charge in [0.25, 0.3) is 0 Å². The number of allylic oxidation sites excluding steroid dienone is 1. The molecular formula is C9H14N2. The number of nitrogens with one attached hydrogen (secondary N) is 2. The van der Waals surface area contributed by atoms with Gasteiger partial charge in [0.15, 0.2) is 0 Å². The Morgan fingerprint density at radius 3 is 2.55 bits per heavy atom. The van der Waals surface area contributed by atoms with E-state index in [2.05, 4.69) is 29.5 Å². The van der Waals surface area contributed by atoms with Gasteiger partial charge in [-0.3, -0.25) is 0 Å². The number of rotatable bonds is 4. The minimum atomic E-state index is 0.888. The molecule has 0 aromatic carbocycles. The first-order valence-corrected chi connectivity index (χ1v) is 3.38. The molecule has 0 saturated heterocycles. The molecule has 0 fully saturated rings. The van der Waals surface area contributed by atoms with Crippen LogP contribution in [0.2, 0.25) is 0 Å². The summed E-state index contributed by atoms with van der Waals surface area (Å²) in [5.74, 6) is 0. The first-order chi connectivity index (χ1) is 5.26. The minimum Gasteiger partial charge on any atom is -0.382 e. The van der Waals surface area contributed by atoms with Crippen molar-refractivity contribution in [2.24, 2.45) is 0 Å². The number of likely N-dealkylation sites (N-methyl/N-ethyl adjacent to an activating group) is 1. The van der Waals surface area contributed by atoms with Crippen LogP contribution in [0.3, 0.4) is 0 Å². The first kappa shape index (κ1) is 9.60. The summed E-state index contributed by atoms with van der Waals surface area (Å²) >= 11 is 0. The maximum absolute atomic E-state index is 3.54. The number of hydrogen-bond acceptors (Lipinski definition) is 2. The summed E-state index contributed by atoms with van der Waals surface area (Å²) in [4.78, 5) is 0. The van der Waals surface area contributed by atoms with E-state index in [1.807, 2.05) is 20.2 Å². The van der Waals surface area contributed by atoms with E-state index in [1.165, 1.54) is 0 Å². The second-order valence-corrected chi connectivity index (χ2v) is 2.00. The van der Waals surface area contributed by atoms with Crippen LogP contribution in [0.5, 0.6) is 0 Å². The molecule has 0 aliphatic rings. The molecule has 0 saturated carbocycles. The smallest absolute Gasteiger partial charge is 0.0809 e. The molecule has 0 aromatic heterocycles. The monoisotopic (exact) mass is 150 g/mol. The normalized spacial score (nSPS) is 9.82. The van der Waals surface area contributed by atoms with Gasteiger partial charge in [0.2, 0.25) is 0 Å². The van der Waals surface area contributed by atoms with Crippen LogP contribution < -0.4 is 10.6 Å². The van der Waals surface area contributed by atoms with Gasteiger partial charge in [-0.05, 0) is 18.7 Å². The summed E-state index contributed by atoms with van der Waals surface area (Å²) in [6.45, 7) is 9.02. The lowest BCUT2D eigenvalue weighted by atomic mass is 10.2. The molecule has 2 nitrogen and oxygen atoms in total. The van der Waals surface area contributed by atoms with Crippen molar-refractivity contribution in [3.8, 4) is 0 Å². The standard InChI is InChI=1S/C9H14N2/c1-5-9(10-4)8(3)7-11-6-2/h6-7,10-11H,1-2H2,3-4H3/b8-7-. The highest BCUT2D eigenvalue weighted by molar-refractivity contribution is 5.25. The average molecular weight is 150 g/mol. The second kappa shape index (κ2) is 5.39. The summed E-state index contributed by atoms with van der Waals surface area (Å²) in [6.07, 6.45) is 3.44.